The largest absolute Gasteiger partial charge is 0.481 e. The first-order valence-corrected chi connectivity index (χ1v) is 7.65. The van der Waals surface area contributed by atoms with Crippen LogP contribution >= 0.6 is 22.6 Å². The molecule has 0 saturated carbocycles. The van der Waals surface area contributed by atoms with Gasteiger partial charge in [-0.3, -0.25) is 15.4 Å². The number of amides is 1. The van der Waals surface area contributed by atoms with Crippen LogP contribution in [0.4, 0.5) is 16.2 Å². The number of pyridine rings is 1. The molecule has 0 atom stereocenters. The number of methoxy groups -OCH3 is 1. The fraction of sp³-hybridized carbons (Fsp3) is 0.0667. The smallest absolute Gasteiger partial charge is 0.409 e. The summed E-state index contributed by atoms with van der Waals surface area (Å²) in [6, 6.07) is 5.87. The molecule has 8 nitrogen and oxygen atoms in total. The average Bonchev–Trinajstić information content (AvgIpc) is 2.53. The number of rotatable bonds is 5. The van der Waals surface area contributed by atoms with Gasteiger partial charge in [0.25, 0.3) is 5.69 Å². The number of aromatic nitrogens is 1. The summed E-state index contributed by atoms with van der Waals surface area (Å²) in [5.74, 6) is 0.407. The van der Waals surface area contributed by atoms with Crippen LogP contribution in [0.15, 0.2) is 30.5 Å². The number of nitrogens with one attached hydrogen (secondary N) is 1. The fourth-order valence-corrected chi connectivity index (χ4v) is 2.53. The lowest BCUT2D eigenvalue weighted by Gasteiger charge is -2.06. The van der Waals surface area contributed by atoms with Gasteiger partial charge in [0.2, 0.25) is 5.88 Å². The standard InChI is InChI=1S/C15H12IN3O5/c1-24-14-11(12(16)6-7-17-14)5-3-9-2-4-10(18-15(20)21)8-13(9)19(22)23/h2-8,18H,1H3,(H,20,21)/b5-3+. The van der Waals surface area contributed by atoms with Crippen molar-refractivity contribution in [2.45, 2.75) is 0 Å². The minimum absolute atomic E-state index is 0.125. The van der Waals surface area contributed by atoms with E-state index in [1.54, 1.807) is 24.4 Å². The first kappa shape index (κ1) is 17.7. The molecule has 0 aliphatic carbocycles. The second kappa shape index (κ2) is 7.73. The highest BCUT2D eigenvalue weighted by Gasteiger charge is 2.14. The van der Waals surface area contributed by atoms with Crippen molar-refractivity contribution < 1.29 is 19.6 Å². The summed E-state index contributed by atoms with van der Waals surface area (Å²) < 4.78 is 6.06. The SMILES string of the molecule is COc1nccc(I)c1/C=C/c1ccc(NC(=O)O)cc1[N+](=O)[O-]. The fourth-order valence-electron chi connectivity index (χ4n) is 1.96. The molecule has 0 saturated heterocycles. The third-order valence-corrected chi connectivity index (χ3v) is 3.94. The molecule has 0 bridgehead atoms. The average molecular weight is 441 g/mol. The first-order chi connectivity index (χ1) is 11.4. The van der Waals surface area contributed by atoms with E-state index < -0.39 is 11.0 Å². The highest BCUT2D eigenvalue weighted by atomic mass is 127. The molecule has 2 aromatic rings. The number of hydrogen-bond donors (Lipinski definition) is 2. The Kier molecular flexibility index (Phi) is 5.68. The maximum atomic E-state index is 11.2. The van der Waals surface area contributed by atoms with Crippen molar-refractivity contribution in [1.29, 1.82) is 0 Å². The lowest BCUT2D eigenvalue weighted by atomic mass is 10.1. The second-order valence-electron chi connectivity index (χ2n) is 4.51. The van der Waals surface area contributed by atoms with E-state index in [-0.39, 0.29) is 11.4 Å². The zero-order chi connectivity index (χ0) is 17.7. The molecular weight excluding hydrogens is 429 g/mol. The zero-order valence-corrected chi connectivity index (χ0v) is 14.6. The van der Waals surface area contributed by atoms with Crippen LogP contribution in [0.1, 0.15) is 11.1 Å². The van der Waals surface area contributed by atoms with Crippen molar-refractivity contribution in [1.82, 2.24) is 4.98 Å². The number of nitro benzene ring substituents is 1. The van der Waals surface area contributed by atoms with Crippen LogP contribution in [0.2, 0.25) is 0 Å². The molecule has 9 heteroatoms. The van der Waals surface area contributed by atoms with Crippen LogP contribution in [-0.2, 0) is 0 Å². The number of anilines is 1. The lowest BCUT2D eigenvalue weighted by Crippen LogP contribution is -2.07. The van der Waals surface area contributed by atoms with Crippen LogP contribution in [0, 0.1) is 13.7 Å². The van der Waals surface area contributed by atoms with Gasteiger partial charge in [-0.25, -0.2) is 9.78 Å². The molecule has 0 spiro atoms. The number of ether oxygens (including phenoxy) is 1. The zero-order valence-electron chi connectivity index (χ0n) is 12.4. The van der Waals surface area contributed by atoms with Crippen LogP contribution < -0.4 is 10.1 Å². The predicted octanol–water partition coefficient (Wildman–Crippen LogP) is 3.86. The Hall–Kier alpha value is -2.69. The van der Waals surface area contributed by atoms with Gasteiger partial charge in [0.1, 0.15) is 0 Å². The molecule has 1 heterocycles. The van der Waals surface area contributed by atoms with Crippen LogP contribution in [0.3, 0.4) is 0 Å². The van der Waals surface area contributed by atoms with E-state index in [1.807, 2.05) is 0 Å². The molecule has 2 rings (SSSR count). The molecule has 1 amide bonds. The van der Waals surface area contributed by atoms with Gasteiger partial charge in [0.05, 0.1) is 28.8 Å². The third kappa shape index (κ3) is 4.19. The number of nitro groups is 1. The Morgan fingerprint density at radius 3 is 2.79 bits per heavy atom. The van der Waals surface area contributed by atoms with Gasteiger partial charge in [0, 0.05) is 15.8 Å². The molecule has 0 aliphatic heterocycles. The molecule has 0 fully saturated rings. The van der Waals surface area contributed by atoms with Crippen molar-refractivity contribution in [3.8, 4) is 5.88 Å². The quantitative estimate of drug-likeness (QED) is 0.414. The Bertz CT molecular complexity index is 823. The van der Waals surface area contributed by atoms with Gasteiger partial charge in [-0.15, -0.1) is 0 Å². The molecule has 2 N–H and O–H groups in total. The van der Waals surface area contributed by atoms with E-state index in [2.05, 4.69) is 32.9 Å². The monoisotopic (exact) mass is 441 g/mol. The summed E-state index contributed by atoms with van der Waals surface area (Å²) in [5.41, 5.74) is 0.940. The van der Waals surface area contributed by atoms with Crippen molar-refractivity contribution >= 4 is 52.2 Å². The van der Waals surface area contributed by atoms with E-state index >= 15 is 0 Å². The maximum absolute atomic E-state index is 11.2. The summed E-state index contributed by atoms with van der Waals surface area (Å²) in [6.45, 7) is 0. The molecule has 0 aliphatic rings. The van der Waals surface area contributed by atoms with Gasteiger partial charge in [-0.05, 0) is 52.9 Å². The summed E-state index contributed by atoms with van der Waals surface area (Å²) in [4.78, 5) is 25.4. The Morgan fingerprint density at radius 2 is 2.17 bits per heavy atom. The number of nitrogens with zero attached hydrogens (tertiary/aromatic N) is 2. The molecule has 1 aromatic carbocycles. The van der Waals surface area contributed by atoms with E-state index in [4.69, 9.17) is 9.84 Å². The highest BCUT2D eigenvalue weighted by Crippen LogP contribution is 2.28. The highest BCUT2D eigenvalue weighted by molar-refractivity contribution is 14.1. The van der Waals surface area contributed by atoms with Crippen LogP contribution in [0.5, 0.6) is 5.88 Å². The number of carbonyl (C=O) groups is 1. The Morgan fingerprint density at radius 1 is 1.42 bits per heavy atom. The summed E-state index contributed by atoms with van der Waals surface area (Å²) in [5, 5.41) is 22.0. The van der Waals surface area contributed by atoms with E-state index in [0.717, 1.165) is 3.57 Å². The summed E-state index contributed by atoms with van der Waals surface area (Å²) >= 11 is 2.11. The normalized spacial score (nSPS) is 10.6. The first-order valence-electron chi connectivity index (χ1n) is 6.57. The molecule has 124 valence electrons. The van der Waals surface area contributed by atoms with Crippen molar-refractivity contribution in [2.24, 2.45) is 0 Å². The van der Waals surface area contributed by atoms with Gasteiger partial charge in [-0.1, -0.05) is 0 Å². The van der Waals surface area contributed by atoms with Gasteiger partial charge < -0.3 is 9.84 Å². The van der Waals surface area contributed by atoms with Crippen molar-refractivity contribution in [3.05, 3.63) is 55.3 Å². The van der Waals surface area contributed by atoms with E-state index in [1.165, 1.54) is 25.3 Å². The second-order valence-corrected chi connectivity index (χ2v) is 5.67. The number of carboxylic acid groups (broad SMARTS) is 1. The molecule has 24 heavy (non-hydrogen) atoms. The van der Waals surface area contributed by atoms with Gasteiger partial charge >= 0.3 is 6.09 Å². The predicted molar refractivity (Wildman–Crippen MR) is 97.2 cm³/mol. The topological polar surface area (TPSA) is 115 Å². The molecule has 1 aromatic heterocycles. The van der Waals surface area contributed by atoms with Crippen molar-refractivity contribution in [2.75, 3.05) is 12.4 Å². The lowest BCUT2D eigenvalue weighted by molar-refractivity contribution is -0.385. The number of benzene rings is 1. The van der Waals surface area contributed by atoms with Crippen LogP contribution in [-0.4, -0.2) is 28.2 Å². The van der Waals surface area contributed by atoms with E-state index in [9.17, 15) is 14.9 Å². The Balaban J connectivity index is 2.42. The minimum Gasteiger partial charge on any atom is -0.481 e. The van der Waals surface area contributed by atoms with E-state index in [0.29, 0.717) is 17.0 Å². The minimum atomic E-state index is -1.29. The summed E-state index contributed by atoms with van der Waals surface area (Å²) in [6.07, 6.45) is 3.54. The van der Waals surface area contributed by atoms with Gasteiger partial charge in [-0.2, -0.15) is 0 Å². The van der Waals surface area contributed by atoms with Crippen LogP contribution in [0.25, 0.3) is 12.2 Å². The molecular formula is C15H12IN3O5. The van der Waals surface area contributed by atoms with Gasteiger partial charge in [0.15, 0.2) is 0 Å². The maximum Gasteiger partial charge on any atom is 0.409 e. The molecule has 0 unspecified atom stereocenters. The molecule has 0 radical (unpaired) electrons. The third-order valence-electron chi connectivity index (χ3n) is 3.00. The summed E-state index contributed by atoms with van der Waals surface area (Å²) in [7, 11) is 1.49. The number of halogens is 1. The van der Waals surface area contributed by atoms with Crippen molar-refractivity contribution in [3.63, 3.8) is 0 Å². The number of hydrogen-bond acceptors (Lipinski definition) is 5. The Labute approximate surface area is 150 Å².